The summed E-state index contributed by atoms with van der Waals surface area (Å²) >= 11 is 6.11. The molecule has 1 aliphatic heterocycles. The van der Waals surface area contributed by atoms with E-state index < -0.39 is 6.04 Å². The van der Waals surface area contributed by atoms with E-state index in [2.05, 4.69) is 10.3 Å². The van der Waals surface area contributed by atoms with Gasteiger partial charge in [-0.25, -0.2) is 0 Å². The minimum atomic E-state index is -0.464. The zero-order chi connectivity index (χ0) is 17.4. The lowest BCUT2D eigenvalue weighted by Gasteiger charge is -2.37. The lowest BCUT2D eigenvalue weighted by atomic mass is 9.97. The Hall–Kier alpha value is -2.14. The van der Waals surface area contributed by atoms with Crippen molar-refractivity contribution in [3.05, 3.63) is 40.5 Å². The van der Waals surface area contributed by atoms with E-state index in [9.17, 15) is 9.59 Å². The molecule has 5 nitrogen and oxygen atoms in total. The fourth-order valence-corrected chi connectivity index (χ4v) is 3.41. The topological polar surface area (TPSA) is 62.3 Å². The number of amides is 2. The van der Waals surface area contributed by atoms with E-state index in [0.717, 1.165) is 11.2 Å². The average Bonchev–Trinajstić information content (AvgIpc) is 2.53. The normalized spacial score (nSPS) is 18.1. The minimum absolute atomic E-state index is 0.0343. The highest BCUT2D eigenvalue weighted by atomic mass is 35.5. The first-order chi connectivity index (χ1) is 11.4. The molecule has 6 heteroatoms. The summed E-state index contributed by atoms with van der Waals surface area (Å²) in [4.78, 5) is 31.6. The van der Waals surface area contributed by atoms with E-state index in [1.54, 1.807) is 23.1 Å². The molecule has 0 unspecified atom stereocenters. The van der Waals surface area contributed by atoms with E-state index in [-0.39, 0.29) is 17.7 Å². The van der Waals surface area contributed by atoms with Crippen LogP contribution < -0.4 is 5.32 Å². The highest BCUT2D eigenvalue weighted by Gasteiger charge is 2.36. The number of nitrogens with zero attached hydrogens (tertiary/aromatic N) is 2. The number of rotatable bonds is 2. The van der Waals surface area contributed by atoms with Gasteiger partial charge in [0.05, 0.1) is 11.1 Å². The van der Waals surface area contributed by atoms with Crippen LogP contribution in [-0.2, 0) is 4.79 Å². The van der Waals surface area contributed by atoms with E-state index in [4.69, 9.17) is 11.6 Å². The van der Waals surface area contributed by atoms with E-state index >= 15 is 0 Å². The molecule has 2 heterocycles. The number of piperazine rings is 1. The Kier molecular flexibility index (Phi) is 4.45. The number of carbonyl (C=O) groups excluding carboxylic acids is 2. The number of aryl methyl sites for hydroxylation is 1. The summed E-state index contributed by atoms with van der Waals surface area (Å²) in [6.45, 7) is 6.71. The van der Waals surface area contributed by atoms with Gasteiger partial charge in [0.25, 0.3) is 5.91 Å². The van der Waals surface area contributed by atoms with Gasteiger partial charge in [0.15, 0.2) is 0 Å². The first-order valence-corrected chi connectivity index (χ1v) is 8.42. The van der Waals surface area contributed by atoms with Crippen LogP contribution in [0.4, 0.5) is 0 Å². The molecule has 1 atom stereocenters. The molecular formula is C18H20ClN3O2. The highest BCUT2D eigenvalue weighted by Crippen LogP contribution is 2.25. The third-order valence-corrected chi connectivity index (χ3v) is 4.51. The van der Waals surface area contributed by atoms with Crippen molar-refractivity contribution in [1.29, 1.82) is 0 Å². The van der Waals surface area contributed by atoms with Crippen LogP contribution in [-0.4, -0.2) is 40.8 Å². The van der Waals surface area contributed by atoms with Crippen LogP contribution in [0.15, 0.2) is 24.3 Å². The van der Waals surface area contributed by atoms with Crippen LogP contribution >= 0.6 is 11.6 Å². The Morgan fingerprint density at radius 3 is 2.83 bits per heavy atom. The standard InChI is InChI=1S/C18H20ClN3O2/c1-10(2)16-17(23)20-6-7-22(16)18(24)14-8-11(3)21-15-5-4-12(19)9-13(14)15/h4-5,8-10,16H,6-7H2,1-3H3,(H,20,23)/t16-/m1/s1. The fraction of sp³-hybridized carbons (Fsp3) is 0.389. The number of hydrogen-bond donors (Lipinski definition) is 1. The first kappa shape index (κ1) is 16.7. The first-order valence-electron chi connectivity index (χ1n) is 8.04. The number of fused-ring (bicyclic) bond motifs is 1. The molecular weight excluding hydrogens is 326 g/mol. The molecule has 2 aromatic rings. The minimum Gasteiger partial charge on any atom is -0.353 e. The number of aromatic nitrogens is 1. The summed E-state index contributed by atoms with van der Waals surface area (Å²) in [6.07, 6.45) is 0. The molecule has 24 heavy (non-hydrogen) atoms. The van der Waals surface area contributed by atoms with E-state index in [0.29, 0.717) is 29.1 Å². The quantitative estimate of drug-likeness (QED) is 0.910. The Morgan fingerprint density at radius 1 is 1.38 bits per heavy atom. The Labute approximate surface area is 146 Å². The Bertz CT molecular complexity index is 819. The zero-order valence-electron chi connectivity index (χ0n) is 14.0. The number of benzene rings is 1. The predicted molar refractivity (Wildman–Crippen MR) is 94.2 cm³/mol. The Balaban J connectivity index is 2.10. The SMILES string of the molecule is Cc1cc(C(=O)N2CCNC(=O)[C@H]2C(C)C)c2cc(Cl)ccc2n1. The largest absolute Gasteiger partial charge is 0.353 e. The van der Waals surface area contributed by atoms with Gasteiger partial charge in [-0.2, -0.15) is 0 Å². The lowest BCUT2D eigenvalue weighted by molar-refractivity contribution is -0.129. The second kappa shape index (κ2) is 6.40. The maximum atomic E-state index is 13.2. The Morgan fingerprint density at radius 2 is 2.12 bits per heavy atom. The van der Waals surface area contributed by atoms with Gasteiger partial charge in [-0.1, -0.05) is 25.4 Å². The van der Waals surface area contributed by atoms with Gasteiger partial charge in [-0.05, 0) is 37.1 Å². The van der Waals surface area contributed by atoms with Crippen molar-refractivity contribution in [2.45, 2.75) is 26.8 Å². The zero-order valence-corrected chi connectivity index (χ0v) is 14.7. The van der Waals surface area contributed by atoms with Gasteiger partial charge < -0.3 is 10.2 Å². The maximum Gasteiger partial charge on any atom is 0.255 e. The highest BCUT2D eigenvalue weighted by molar-refractivity contribution is 6.31. The smallest absolute Gasteiger partial charge is 0.255 e. The van der Waals surface area contributed by atoms with Crippen LogP contribution in [0.25, 0.3) is 10.9 Å². The molecule has 1 saturated heterocycles. The molecule has 2 amide bonds. The number of hydrogen-bond acceptors (Lipinski definition) is 3. The molecule has 3 rings (SSSR count). The van der Waals surface area contributed by atoms with Gasteiger partial charge in [0, 0.05) is 29.2 Å². The molecule has 1 aliphatic rings. The summed E-state index contributed by atoms with van der Waals surface area (Å²) in [5, 5.41) is 4.11. The second-order valence-electron chi connectivity index (χ2n) is 6.45. The van der Waals surface area contributed by atoms with Gasteiger partial charge in [-0.15, -0.1) is 0 Å². The molecule has 1 aromatic carbocycles. The van der Waals surface area contributed by atoms with E-state index in [1.807, 2.05) is 26.8 Å². The monoisotopic (exact) mass is 345 g/mol. The van der Waals surface area contributed by atoms with Crippen molar-refractivity contribution in [1.82, 2.24) is 15.2 Å². The van der Waals surface area contributed by atoms with Gasteiger partial charge >= 0.3 is 0 Å². The second-order valence-corrected chi connectivity index (χ2v) is 6.89. The molecule has 126 valence electrons. The predicted octanol–water partition coefficient (Wildman–Crippen LogP) is 2.79. The van der Waals surface area contributed by atoms with Crippen molar-refractivity contribution in [2.75, 3.05) is 13.1 Å². The number of carbonyl (C=O) groups is 2. The summed E-state index contributed by atoms with van der Waals surface area (Å²) in [5.74, 6) is -0.217. The van der Waals surface area contributed by atoms with Crippen LogP contribution in [0.3, 0.4) is 0 Å². The van der Waals surface area contributed by atoms with Crippen LogP contribution in [0.1, 0.15) is 29.9 Å². The molecule has 1 fully saturated rings. The van der Waals surface area contributed by atoms with Crippen molar-refractivity contribution in [3.63, 3.8) is 0 Å². The molecule has 0 saturated carbocycles. The van der Waals surface area contributed by atoms with Crippen LogP contribution in [0.5, 0.6) is 0 Å². The van der Waals surface area contributed by atoms with Gasteiger partial charge in [0.2, 0.25) is 5.91 Å². The number of pyridine rings is 1. The van der Waals surface area contributed by atoms with Gasteiger partial charge in [-0.3, -0.25) is 14.6 Å². The van der Waals surface area contributed by atoms with E-state index in [1.165, 1.54) is 0 Å². The summed E-state index contributed by atoms with van der Waals surface area (Å²) in [5.41, 5.74) is 2.03. The van der Waals surface area contributed by atoms with Gasteiger partial charge in [0.1, 0.15) is 6.04 Å². The van der Waals surface area contributed by atoms with Crippen molar-refractivity contribution in [3.8, 4) is 0 Å². The van der Waals surface area contributed by atoms with Crippen LogP contribution in [0.2, 0.25) is 5.02 Å². The lowest BCUT2D eigenvalue weighted by Crippen LogP contribution is -2.59. The molecule has 0 radical (unpaired) electrons. The fourth-order valence-electron chi connectivity index (χ4n) is 3.24. The maximum absolute atomic E-state index is 13.2. The third-order valence-electron chi connectivity index (χ3n) is 4.28. The van der Waals surface area contributed by atoms with Crippen molar-refractivity contribution < 1.29 is 9.59 Å². The number of halogens is 1. The molecule has 0 bridgehead atoms. The van der Waals surface area contributed by atoms with Crippen molar-refractivity contribution in [2.24, 2.45) is 5.92 Å². The third kappa shape index (κ3) is 2.96. The number of nitrogens with one attached hydrogen (secondary N) is 1. The average molecular weight is 346 g/mol. The molecule has 1 N–H and O–H groups in total. The molecule has 0 aliphatic carbocycles. The molecule has 1 aromatic heterocycles. The molecule has 0 spiro atoms. The summed E-state index contributed by atoms with van der Waals surface area (Å²) < 4.78 is 0. The van der Waals surface area contributed by atoms with Crippen LogP contribution in [0, 0.1) is 12.8 Å². The summed E-state index contributed by atoms with van der Waals surface area (Å²) in [7, 11) is 0. The van der Waals surface area contributed by atoms with Crippen molar-refractivity contribution >= 4 is 34.3 Å². The summed E-state index contributed by atoms with van der Waals surface area (Å²) in [6, 6.07) is 6.63.